The van der Waals surface area contributed by atoms with Gasteiger partial charge in [-0.1, -0.05) is 18.7 Å². The maximum Gasteiger partial charge on any atom is 0.329 e. The molecule has 1 unspecified atom stereocenters. The van der Waals surface area contributed by atoms with E-state index in [-0.39, 0.29) is 11.5 Å². The summed E-state index contributed by atoms with van der Waals surface area (Å²) in [6.07, 6.45) is 5.67. The van der Waals surface area contributed by atoms with E-state index in [4.69, 9.17) is 0 Å². The number of anilines is 1. The number of H-pyrrole nitrogens is 1. The summed E-state index contributed by atoms with van der Waals surface area (Å²) < 4.78 is 3.38. The van der Waals surface area contributed by atoms with Gasteiger partial charge in [0.05, 0.1) is 0 Å². The van der Waals surface area contributed by atoms with Crippen LogP contribution in [0, 0.1) is 5.92 Å². The van der Waals surface area contributed by atoms with Crippen molar-refractivity contribution in [3.8, 4) is 0 Å². The number of aromatic nitrogens is 6. The number of aryl methyl sites for hydroxylation is 1. The molecule has 3 aromatic rings. The number of nitrogens with zero attached hydrogens (tertiary/aromatic N) is 6. The molecule has 0 spiro atoms. The molecule has 0 amide bonds. The van der Waals surface area contributed by atoms with E-state index in [1.807, 2.05) is 4.57 Å². The molecule has 1 aliphatic heterocycles. The molecular formula is C18H23N7O2S. The first-order valence-electron chi connectivity index (χ1n) is 9.39. The van der Waals surface area contributed by atoms with Crippen molar-refractivity contribution < 1.29 is 0 Å². The van der Waals surface area contributed by atoms with E-state index in [1.165, 1.54) is 4.57 Å². The molecule has 1 atom stereocenters. The Morgan fingerprint density at radius 1 is 1.21 bits per heavy atom. The van der Waals surface area contributed by atoms with Crippen molar-refractivity contribution >= 4 is 28.9 Å². The summed E-state index contributed by atoms with van der Waals surface area (Å²) in [4.78, 5) is 42.4. The van der Waals surface area contributed by atoms with Gasteiger partial charge in [0.2, 0.25) is 5.95 Å². The molecule has 1 fully saturated rings. The minimum atomic E-state index is -0.444. The predicted octanol–water partition coefficient (Wildman–Crippen LogP) is 1.24. The van der Waals surface area contributed by atoms with Gasteiger partial charge in [-0.3, -0.25) is 14.3 Å². The van der Waals surface area contributed by atoms with Gasteiger partial charge in [-0.25, -0.2) is 14.8 Å². The van der Waals surface area contributed by atoms with Gasteiger partial charge in [-0.05, 0) is 24.8 Å². The summed E-state index contributed by atoms with van der Waals surface area (Å²) in [6, 6.07) is 1.80. The highest BCUT2D eigenvalue weighted by molar-refractivity contribution is 7.99. The number of hydrogen-bond donors (Lipinski definition) is 1. The highest BCUT2D eigenvalue weighted by Gasteiger charge is 2.24. The SMILES string of the molecule is CC(CSc1ncccn1)Cn1c(N2CCCC2)nc2c1c(=O)[nH]c(=O)n2C. The fraction of sp³-hybridized carbons (Fsp3) is 0.500. The van der Waals surface area contributed by atoms with Crippen LogP contribution in [0.4, 0.5) is 5.95 Å². The first kappa shape index (κ1) is 18.7. The summed E-state index contributed by atoms with van der Waals surface area (Å²) in [5.74, 6) is 1.84. The summed E-state index contributed by atoms with van der Waals surface area (Å²) in [6.45, 7) is 4.58. The van der Waals surface area contributed by atoms with Crippen LogP contribution in [0.5, 0.6) is 0 Å². The fourth-order valence-corrected chi connectivity index (χ4v) is 4.31. The minimum absolute atomic E-state index is 0.254. The molecule has 0 aromatic carbocycles. The highest BCUT2D eigenvalue weighted by Crippen LogP contribution is 2.25. The molecule has 10 heteroatoms. The van der Waals surface area contributed by atoms with E-state index in [9.17, 15) is 9.59 Å². The predicted molar refractivity (Wildman–Crippen MR) is 109 cm³/mol. The Hall–Kier alpha value is -2.62. The average Bonchev–Trinajstić information content (AvgIpc) is 3.34. The van der Waals surface area contributed by atoms with Gasteiger partial charge in [-0.15, -0.1) is 0 Å². The highest BCUT2D eigenvalue weighted by atomic mass is 32.2. The van der Waals surface area contributed by atoms with Gasteiger partial charge in [0, 0.05) is 44.8 Å². The van der Waals surface area contributed by atoms with Gasteiger partial charge in [0.1, 0.15) is 0 Å². The molecule has 3 aromatic heterocycles. The van der Waals surface area contributed by atoms with Gasteiger partial charge < -0.3 is 9.47 Å². The molecule has 4 heterocycles. The number of fused-ring (bicyclic) bond motifs is 1. The van der Waals surface area contributed by atoms with Crippen LogP contribution in [0.25, 0.3) is 11.2 Å². The first-order chi connectivity index (χ1) is 13.5. The van der Waals surface area contributed by atoms with Crippen LogP contribution >= 0.6 is 11.8 Å². The molecule has 0 saturated carbocycles. The molecule has 1 aliphatic rings. The Balaban J connectivity index is 1.68. The number of hydrogen-bond acceptors (Lipinski definition) is 7. The molecule has 0 bridgehead atoms. The number of aromatic amines is 1. The molecule has 0 radical (unpaired) electrons. The number of thioether (sulfide) groups is 1. The zero-order valence-electron chi connectivity index (χ0n) is 16.0. The summed E-state index contributed by atoms with van der Waals surface area (Å²) in [5.41, 5.74) is 0.0564. The summed E-state index contributed by atoms with van der Waals surface area (Å²) in [5, 5.41) is 0.741. The third kappa shape index (κ3) is 3.56. The molecule has 1 N–H and O–H groups in total. The molecule has 148 valence electrons. The van der Waals surface area contributed by atoms with Crippen molar-refractivity contribution in [3.05, 3.63) is 39.3 Å². The Kier molecular flexibility index (Phi) is 5.21. The van der Waals surface area contributed by atoms with Crippen LogP contribution in [0.2, 0.25) is 0 Å². The lowest BCUT2D eigenvalue weighted by Gasteiger charge is -2.20. The Bertz CT molecular complexity index is 1080. The largest absolute Gasteiger partial charge is 0.342 e. The van der Waals surface area contributed by atoms with Crippen LogP contribution in [-0.2, 0) is 13.6 Å². The van der Waals surface area contributed by atoms with E-state index in [0.717, 1.165) is 42.8 Å². The quantitative estimate of drug-likeness (QED) is 0.490. The smallest absolute Gasteiger partial charge is 0.329 e. The second kappa shape index (κ2) is 7.78. The van der Waals surface area contributed by atoms with Crippen molar-refractivity contribution in [2.75, 3.05) is 23.7 Å². The van der Waals surface area contributed by atoms with Crippen molar-refractivity contribution in [1.29, 1.82) is 0 Å². The molecule has 1 saturated heterocycles. The number of nitrogens with one attached hydrogen (secondary N) is 1. The Labute approximate surface area is 165 Å². The van der Waals surface area contributed by atoms with E-state index in [1.54, 1.807) is 37.3 Å². The normalized spacial score (nSPS) is 15.4. The van der Waals surface area contributed by atoms with E-state index in [2.05, 4.69) is 31.8 Å². The number of rotatable bonds is 6. The van der Waals surface area contributed by atoms with Crippen LogP contribution < -0.4 is 16.1 Å². The van der Waals surface area contributed by atoms with E-state index < -0.39 is 5.69 Å². The monoisotopic (exact) mass is 401 g/mol. The first-order valence-corrected chi connectivity index (χ1v) is 10.4. The lowest BCUT2D eigenvalue weighted by Crippen LogP contribution is -2.30. The molecule has 28 heavy (non-hydrogen) atoms. The zero-order valence-corrected chi connectivity index (χ0v) is 16.8. The van der Waals surface area contributed by atoms with Crippen LogP contribution in [0.15, 0.2) is 33.2 Å². The third-order valence-corrected chi connectivity index (χ3v) is 6.11. The van der Waals surface area contributed by atoms with Crippen molar-refractivity contribution in [1.82, 2.24) is 29.1 Å². The third-order valence-electron chi connectivity index (χ3n) is 4.91. The fourth-order valence-electron chi connectivity index (χ4n) is 3.50. The summed E-state index contributed by atoms with van der Waals surface area (Å²) in [7, 11) is 1.64. The second-order valence-corrected chi connectivity index (χ2v) is 8.14. The molecule has 0 aliphatic carbocycles. The second-order valence-electron chi connectivity index (χ2n) is 7.15. The molecule has 4 rings (SSSR count). The average molecular weight is 401 g/mol. The van der Waals surface area contributed by atoms with Gasteiger partial charge in [0.25, 0.3) is 5.56 Å². The number of imidazole rings is 1. The Morgan fingerprint density at radius 2 is 1.93 bits per heavy atom. The topological polar surface area (TPSA) is 102 Å². The molecule has 9 nitrogen and oxygen atoms in total. The Morgan fingerprint density at radius 3 is 2.64 bits per heavy atom. The molecular weight excluding hydrogens is 378 g/mol. The summed E-state index contributed by atoms with van der Waals surface area (Å²) >= 11 is 1.59. The van der Waals surface area contributed by atoms with Crippen molar-refractivity contribution in [2.24, 2.45) is 13.0 Å². The standard InChI is InChI=1S/C18H23N7O2S/c1-12(11-28-16-19-6-5-7-20-16)10-25-13-14(23(2)18(27)22-15(13)26)21-17(25)24-8-3-4-9-24/h5-7,12H,3-4,8-11H2,1-2H3,(H,22,26,27). The lowest BCUT2D eigenvalue weighted by atomic mass is 10.2. The van der Waals surface area contributed by atoms with Crippen molar-refractivity contribution in [2.45, 2.75) is 31.5 Å². The van der Waals surface area contributed by atoms with Gasteiger partial charge in [0.15, 0.2) is 16.3 Å². The van der Waals surface area contributed by atoms with E-state index in [0.29, 0.717) is 17.7 Å². The maximum absolute atomic E-state index is 12.6. The van der Waals surface area contributed by atoms with Crippen LogP contribution in [0.3, 0.4) is 0 Å². The van der Waals surface area contributed by atoms with Gasteiger partial charge in [-0.2, -0.15) is 4.98 Å². The van der Waals surface area contributed by atoms with Crippen LogP contribution in [0.1, 0.15) is 19.8 Å². The van der Waals surface area contributed by atoms with Gasteiger partial charge >= 0.3 is 5.69 Å². The maximum atomic E-state index is 12.6. The minimum Gasteiger partial charge on any atom is -0.342 e. The zero-order chi connectivity index (χ0) is 19.7. The van der Waals surface area contributed by atoms with E-state index >= 15 is 0 Å². The van der Waals surface area contributed by atoms with Crippen molar-refractivity contribution in [3.63, 3.8) is 0 Å². The lowest BCUT2D eigenvalue weighted by molar-refractivity contribution is 0.537. The van der Waals surface area contributed by atoms with Crippen LogP contribution in [-0.4, -0.2) is 47.9 Å².